The van der Waals surface area contributed by atoms with Gasteiger partial charge in [0.1, 0.15) is 4.32 Å². The topological polar surface area (TPSA) is 57.6 Å². The number of carbonyl (C=O) groups excluding carboxylic acids is 1. The maximum atomic E-state index is 12.4. The van der Waals surface area contributed by atoms with Crippen LogP contribution >= 0.6 is 47.2 Å². The molecule has 4 nitrogen and oxygen atoms in total. The third-order valence-electron chi connectivity index (χ3n) is 3.25. The summed E-state index contributed by atoms with van der Waals surface area (Å²) in [5, 5.41) is 9.72. The van der Waals surface area contributed by atoms with E-state index in [1.165, 1.54) is 16.7 Å². The quantitative estimate of drug-likeness (QED) is 0.598. The van der Waals surface area contributed by atoms with Crippen LogP contribution in [0.5, 0.6) is 0 Å². The molecule has 1 aromatic carbocycles. The Morgan fingerprint density at radius 3 is 2.57 bits per heavy atom. The van der Waals surface area contributed by atoms with Gasteiger partial charge in [-0.25, -0.2) is 0 Å². The minimum absolute atomic E-state index is 0.000709. The molecule has 1 aromatic rings. The fourth-order valence-corrected chi connectivity index (χ4v) is 3.79. The number of hydrogen-bond donors (Lipinski definition) is 1. The molecule has 0 saturated carbocycles. The molecule has 2 rings (SSSR count). The van der Waals surface area contributed by atoms with Crippen molar-refractivity contribution in [1.82, 2.24) is 4.90 Å². The van der Waals surface area contributed by atoms with E-state index in [9.17, 15) is 9.59 Å². The zero-order chi connectivity index (χ0) is 17.1. The molecule has 23 heavy (non-hydrogen) atoms. The van der Waals surface area contributed by atoms with Crippen molar-refractivity contribution in [2.75, 3.05) is 6.54 Å². The van der Waals surface area contributed by atoms with E-state index in [4.69, 9.17) is 40.5 Å². The van der Waals surface area contributed by atoms with E-state index in [0.717, 1.165) is 11.1 Å². The highest BCUT2D eigenvalue weighted by molar-refractivity contribution is 8.26. The third-order valence-corrected chi connectivity index (χ3v) is 5.41. The molecule has 1 N–H and O–H groups in total. The van der Waals surface area contributed by atoms with E-state index in [2.05, 4.69) is 0 Å². The number of thioether (sulfide) groups is 1. The fraction of sp³-hybridized carbons (Fsp3) is 0.267. The van der Waals surface area contributed by atoms with Gasteiger partial charge in [-0.2, -0.15) is 0 Å². The predicted molar refractivity (Wildman–Crippen MR) is 97.9 cm³/mol. The number of rotatable bonds is 5. The summed E-state index contributed by atoms with van der Waals surface area (Å²) in [6.45, 7) is 2.11. The van der Waals surface area contributed by atoms with E-state index in [1.807, 2.05) is 6.92 Å². The van der Waals surface area contributed by atoms with Crippen molar-refractivity contribution in [2.45, 2.75) is 19.8 Å². The monoisotopic (exact) mass is 389 g/mol. The number of carboxylic acids is 1. The van der Waals surface area contributed by atoms with E-state index in [0.29, 0.717) is 32.2 Å². The maximum absolute atomic E-state index is 12.4. The SMILES string of the molecule is Cc1c(Cl)cc(/C=C2\SC(=S)N(CCCC(=O)O)C2=O)cc1Cl. The van der Waals surface area contributed by atoms with Gasteiger partial charge in [0.15, 0.2) is 0 Å². The van der Waals surface area contributed by atoms with Crippen molar-refractivity contribution in [3.8, 4) is 0 Å². The van der Waals surface area contributed by atoms with Gasteiger partial charge in [-0.05, 0) is 42.7 Å². The summed E-state index contributed by atoms with van der Waals surface area (Å²) in [6, 6.07) is 3.47. The molecule has 1 aliphatic rings. The number of aliphatic carboxylic acids is 1. The van der Waals surface area contributed by atoms with Crippen LogP contribution in [0.4, 0.5) is 0 Å². The fourth-order valence-electron chi connectivity index (χ4n) is 1.98. The number of carboxylic acid groups (broad SMARTS) is 1. The largest absolute Gasteiger partial charge is 0.481 e. The minimum atomic E-state index is -0.894. The first-order valence-corrected chi connectivity index (χ1v) is 8.70. The van der Waals surface area contributed by atoms with E-state index in [1.54, 1.807) is 18.2 Å². The van der Waals surface area contributed by atoms with Crippen LogP contribution in [0.2, 0.25) is 10.0 Å². The Morgan fingerprint density at radius 2 is 2.00 bits per heavy atom. The van der Waals surface area contributed by atoms with E-state index < -0.39 is 5.97 Å². The highest BCUT2D eigenvalue weighted by Gasteiger charge is 2.31. The smallest absolute Gasteiger partial charge is 0.303 e. The molecule has 0 unspecified atom stereocenters. The summed E-state index contributed by atoms with van der Waals surface area (Å²) in [5.74, 6) is -1.12. The minimum Gasteiger partial charge on any atom is -0.481 e. The second-order valence-corrected chi connectivity index (χ2v) is 7.43. The maximum Gasteiger partial charge on any atom is 0.303 e. The van der Waals surface area contributed by atoms with Gasteiger partial charge in [-0.15, -0.1) is 0 Å². The molecule has 122 valence electrons. The summed E-state index contributed by atoms with van der Waals surface area (Å²) in [6.07, 6.45) is 2.05. The molecule has 0 spiro atoms. The summed E-state index contributed by atoms with van der Waals surface area (Å²) < 4.78 is 0.427. The van der Waals surface area contributed by atoms with Crippen molar-refractivity contribution >= 4 is 69.5 Å². The molecule has 1 amide bonds. The number of amides is 1. The number of carbonyl (C=O) groups is 2. The van der Waals surface area contributed by atoms with Crippen molar-refractivity contribution in [2.24, 2.45) is 0 Å². The van der Waals surface area contributed by atoms with Crippen LogP contribution in [0, 0.1) is 6.92 Å². The Balaban J connectivity index is 2.17. The molecule has 0 aliphatic carbocycles. The van der Waals surface area contributed by atoms with Crippen LogP contribution in [0.15, 0.2) is 17.0 Å². The lowest BCUT2D eigenvalue weighted by atomic mass is 10.1. The van der Waals surface area contributed by atoms with Gasteiger partial charge in [-0.3, -0.25) is 14.5 Å². The number of thiocarbonyl (C=S) groups is 1. The van der Waals surface area contributed by atoms with Gasteiger partial charge in [-0.1, -0.05) is 47.2 Å². The Morgan fingerprint density at radius 1 is 1.39 bits per heavy atom. The number of nitrogens with zero attached hydrogens (tertiary/aromatic N) is 1. The lowest BCUT2D eigenvalue weighted by Gasteiger charge is -2.13. The summed E-state index contributed by atoms with van der Waals surface area (Å²) in [7, 11) is 0. The first-order chi connectivity index (χ1) is 10.8. The van der Waals surface area contributed by atoms with Gasteiger partial charge in [0.2, 0.25) is 0 Å². The first-order valence-electron chi connectivity index (χ1n) is 6.72. The third kappa shape index (κ3) is 4.47. The molecular formula is C15H13Cl2NO3S2. The summed E-state index contributed by atoms with van der Waals surface area (Å²) in [5.41, 5.74) is 1.50. The highest BCUT2D eigenvalue weighted by atomic mass is 35.5. The molecule has 1 aliphatic heterocycles. The van der Waals surface area contributed by atoms with Crippen LogP contribution in [0.25, 0.3) is 6.08 Å². The lowest BCUT2D eigenvalue weighted by Crippen LogP contribution is -2.29. The van der Waals surface area contributed by atoms with Crippen molar-refractivity contribution < 1.29 is 14.7 Å². The van der Waals surface area contributed by atoms with Crippen LogP contribution < -0.4 is 0 Å². The molecule has 0 radical (unpaired) electrons. The normalized spacial score (nSPS) is 16.5. The van der Waals surface area contributed by atoms with Gasteiger partial charge < -0.3 is 5.11 Å². The summed E-state index contributed by atoms with van der Waals surface area (Å²) >= 11 is 18.6. The molecule has 8 heteroatoms. The van der Waals surface area contributed by atoms with Gasteiger partial charge >= 0.3 is 5.97 Å². The average molecular weight is 390 g/mol. The molecule has 1 heterocycles. The number of benzene rings is 1. The zero-order valence-electron chi connectivity index (χ0n) is 12.1. The Bertz CT molecular complexity index is 696. The van der Waals surface area contributed by atoms with Crippen molar-refractivity contribution in [1.29, 1.82) is 0 Å². The Kier molecular flexibility index (Phi) is 6.08. The standard InChI is InChI=1S/C15H13Cl2NO3S2/c1-8-10(16)5-9(6-11(8)17)7-12-14(21)18(15(22)23-12)4-2-3-13(19)20/h5-7H,2-4H2,1H3,(H,19,20)/b12-7-. The molecule has 0 aromatic heterocycles. The van der Waals surface area contributed by atoms with Gasteiger partial charge in [0.05, 0.1) is 4.91 Å². The van der Waals surface area contributed by atoms with Crippen LogP contribution in [-0.4, -0.2) is 32.7 Å². The molecule has 1 saturated heterocycles. The molecule has 0 atom stereocenters. The summed E-state index contributed by atoms with van der Waals surface area (Å²) in [4.78, 5) is 24.8. The first kappa shape index (κ1) is 18.3. The Labute approximate surface area is 153 Å². The second-order valence-electron chi connectivity index (χ2n) is 4.94. The van der Waals surface area contributed by atoms with Crippen LogP contribution in [0.3, 0.4) is 0 Å². The van der Waals surface area contributed by atoms with Gasteiger partial charge in [0.25, 0.3) is 5.91 Å². The number of halogens is 2. The Hall–Kier alpha value is -1.08. The predicted octanol–water partition coefficient (Wildman–Crippen LogP) is 4.37. The van der Waals surface area contributed by atoms with Gasteiger partial charge in [0, 0.05) is 23.0 Å². The zero-order valence-corrected chi connectivity index (χ0v) is 15.3. The molecular weight excluding hydrogens is 377 g/mol. The van der Waals surface area contributed by atoms with Crippen molar-refractivity contribution in [3.63, 3.8) is 0 Å². The van der Waals surface area contributed by atoms with Crippen LogP contribution in [0.1, 0.15) is 24.0 Å². The lowest BCUT2D eigenvalue weighted by molar-refractivity contribution is -0.137. The molecule has 1 fully saturated rings. The highest BCUT2D eigenvalue weighted by Crippen LogP contribution is 2.34. The van der Waals surface area contributed by atoms with E-state index in [-0.39, 0.29) is 12.3 Å². The second kappa shape index (κ2) is 7.66. The van der Waals surface area contributed by atoms with Crippen molar-refractivity contribution in [3.05, 3.63) is 38.2 Å². The van der Waals surface area contributed by atoms with E-state index >= 15 is 0 Å². The average Bonchev–Trinajstić information content (AvgIpc) is 2.71. The number of hydrogen-bond acceptors (Lipinski definition) is 4. The van der Waals surface area contributed by atoms with Crippen LogP contribution in [-0.2, 0) is 9.59 Å². The molecule has 0 bridgehead atoms.